The Kier molecular flexibility index (Phi) is 3.58. The molecule has 0 unspecified atom stereocenters. The van der Waals surface area contributed by atoms with Crippen LogP contribution in [0.25, 0.3) is 0 Å². The maximum Gasteiger partial charge on any atom is 0.326 e. The molecule has 0 saturated heterocycles. The second kappa shape index (κ2) is 4.72. The number of halogens is 1. The lowest BCUT2D eigenvalue weighted by Gasteiger charge is -2.06. The number of hydrogen-bond acceptors (Lipinski definition) is 3. The summed E-state index contributed by atoms with van der Waals surface area (Å²) in [5.41, 5.74) is 0. The number of ether oxygens (including phenoxy) is 2. The highest BCUT2D eigenvalue weighted by Crippen LogP contribution is 2.25. The fourth-order valence-corrected chi connectivity index (χ4v) is 0.908. The van der Waals surface area contributed by atoms with Crippen LogP contribution in [0.1, 0.15) is 0 Å². The van der Waals surface area contributed by atoms with Crippen LogP contribution in [0.15, 0.2) is 24.3 Å². The Balaban J connectivity index is 2.81. The second-order valence-corrected chi connectivity index (χ2v) is 2.53. The SMILES string of the molecule is COc1ccccc1OC(=O)CCl. The van der Waals surface area contributed by atoms with Crippen LogP contribution in [0, 0.1) is 0 Å². The number of methoxy groups -OCH3 is 1. The summed E-state index contributed by atoms with van der Waals surface area (Å²) in [7, 11) is 1.51. The van der Waals surface area contributed by atoms with Crippen molar-refractivity contribution in [3.05, 3.63) is 24.3 Å². The zero-order valence-corrected chi connectivity index (χ0v) is 7.88. The van der Waals surface area contributed by atoms with E-state index in [2.05, 4.69) is 0 Å². The molecule has 0 aliphatic carbocycles. The minimum absolute atomic E-state index is 0.169. The molecule has 0 spiro atoms. The van der Waals surface area contributed by atoms with Gasteiger partial charge in [0.05, 0.1) is 7.11 Å². The van der Waals surface area contributed by atoms with Crippen molar-refractivity contribution in [2.24, 2.45) is 0 Å². The summed E-state index contributed by atoms with van der Waals surface area (Å²) in [6.07, 6.45) is 0. The van der Waals surface area contributed by atoms with Gasteiger partial charge in [-0.2, -0.15) is 0 Å². The average molecular weight is 201 g/mol. The first kappa shape index (κ1) is 9.86. The van der Waals surface area contributed by atoms with Crippen molar-refractivity contribution < 1.29 is 14.3 Å². The van der Waals surface area contributed by atoms with Gasteiger partial charge in [0.2, 0.25) is 0 Å². The van der Waals surface area contributed by atoms with Gasteiger partial charge in [-0.15, -0.1) is 11.6 Å². The van der Waals surface area contributed by atoms with Gasteiger partial charge in [0, 0.05) is 0 Å². The molecular weight excluding hydrogens is 192 g/mol. The Labute approximate surface area is 81.2 Å². The fraction of sp³-hybridized carbons (Fsp3) is 0.222. The van der Waals surface area contributed by atoms with Gasteiger partial charge in [0.1, 0.15) is 5.88 Å². The number of hydrogen-bond donors (Lipinski definition) is 0. The summed E-state index contributed by atoms with van der Waals surface area (Å²) >= 11 is 5.28. The normalized spacial score (nSPS) is 9.38. The monoisotopic (exact) mass is 200 g/mol. The second-order valence-electron chi connectivity index (χ2n) is 2.26. The Hall–Kier alpha value is -1.22. The standard InChI is InChI=1S/C9H9ClO3/c1-12-7-4-2-3-5-8(7)13-9(11)6-10/h2-5H,6H2,1H3. The van der Waals surface area contributed by atoms with Gasteiger partial charge < -0.3 is 9.47 Å². The molecule has 4 heteroatoms. The number of para-hydroxylation sites is 2. The van der Waals surface area contributed by atoms with E-state index in [0.717, 1.165) is 0 Å². The van der Waals surface area contributed by atoms with Gasteiger partial charge in [0.25, 0.3) is 0 Å². The zero-order chi connectivity index (χ0) is 9.68. The predicted molar refractivity (Wildman–Crippen MR) is 49.3 cm³/mol. The summed E-state index contributed by atoms with van der Waals surface area (Å²) in [4.78, 5) is 10.8. The molecule has 0 aromatic heterocycles. The van der Waals surface area contributed by atoms with Crippen molar-refractivity contribution >= 4 is 17.6 Å². The first-order valence-corrected chi connectivity index (χ1v) is 4.21. The van der Waals surface area contributed by atoms with Gasteiger partial charge in [-0.3, -0.25) is 4.79 Å². The number of carbonyl (C=O) groups excluding carboxylic acids is 1. The molecule has 0 radical (unpaired) electrons. The maximum atomic E-state index is 10.8. The minimum Gasteiger partial charge on any atom is -0.493 e. The van der Waals surface area contributed by atoms with Crippen LogP contribution >= 0.6 is 11.6 Å². The summed E-state index contributed by atoms with van der Waals surface area (Å²) in [6.45, 7) is 0. The van der Waals surface area contributed by atoms with Crippen molar-refractivity contribution in [1.82, 2.24) is 0 Å². The van der Waals surface area contributed by atoms with Crippen LogP contribution < -0.4 is 9.47 Å². The largest absolute Gasteiger partial charge is 0.493 e. The topological polar surface area (TPSA) is 35.5 Å². The van der Waals surface area contributed by atoms with E-state index in [9.17, 15) is 4.79 Å². The molecule has 0 amide bonds. The Morgan fingerprint density at radius 2 is 2.00 bits per heavy atom. The third kappa shape index (κ3) is 2.63. The van der Waals surface area contributed by atoms with Crippen molar-refractivity contribution in [3.63, 3.8) is 0 Å². The molecule has 70 valence electrons. The summed E-state index contributed by atoms with van der Waals surface area (Å²) in [5.74, 6) is 0.237. The molecule has 3 nitrogen and oxygen atoms in total. The van der Waals surface area contributed by atoms with Crippen LogP contribution in [-0.2, 0) is 4.79 Å². The van der Waals surface area contributed by atoms with E-state index in [4.69, 9.17) is 21.1 Å². The highest BCUT2D eigenvalue weighted by molar-refractivity contribution is 6.26. The lowest BCUT2D eigenvalue weighted by molar-refractivity contribution is -0.131. The minimum atomic E-state index is -0.494. The molecule has 0 saturated carbocycles. The molecule has 1 rings (SSSR count). The number of esters is 1. The van der Waals surface area contributed by atoms with Crippen LogP contribution in [0.4, 0.5) is 0 Å². The lowest BCUT2D eigenvalue weighted by atomic mass is 10.3. The van der Waals surface area contributed by atoms with Crippen LogP contribution in [0.2, 0.25) is 0 Å². The van der Waals surface area contributed by atoms with E-state index >= 15 is 0 Å². The third-order valence-electron chi connectivity index (χ3n) is 1.40. The van der Waals surface area contributed by atoms with Crippen LogP contribution in [0.5, 0.6) is 11.5 Å². The molecule has 0 fully saturated rings. The van der Waals surface area contributed by atoms with Gasteiger partial charge in [0.15, 0.2) is 11.5 Å². The number of carbonyl (C=O) groups is 1. The Morgan fingerprint density at radius 3 is 2.54 bits per heavy atom. The quantitative estimate of drug-likeness (QED) is 0.424. The molecule has 0 bridgehead atoms. The number of alkyl halides is 1. The Bertz CT molecular complexity index is 299. The molecule has 0 aliphatic rings. The highest BCUT2D eigenvalue weighted by atomic mass is 35.5. The first-order chi connectivity index (χ1) is 6.27. The smallest absolute Gasteiger partial charge is 0.326 e. The summed E-state index contributed by atoms with van der Waals surface area (Å²) in [6, 6.07) is 6.89. The molecule has 0 heterocycles. The first-order valence-electron chi connectivity index (χ1n) is 3.67. The molecule has 0 atom stereocenters. The third-order valence-corrected chi connectivity index (χ3v) is 1.62. The zero-order valence-electron chi connectivity index (χ0n) is 7.12. The van der Waals surface area contributed by atoms with Crippen LogP contribution in [-0.4, -0.2) is 19.0 Å². The average Bonchev–Trinajstić information content (AvgIpc) is 2.18. The van der Waals surface area contributed by atoms with Crippen LogP contribution in [0.3, 0.4) is 0 Å². The summed E-state index contributed by atoms with van der Waals surface area (Å²) < 4.78 is 9.86. The van der Waals surface area contributed by atoms with E-state index in [0.29, 0.717) is 11.5 Å². The molecular formula is C9H9ClO3. The predicted octanol–water partition coefficient (Wildman–Crippen LogP) is 1.84. The maximum absolute atomic E-state index is 10.8. The molecule has 13 heavy (non-hydrogen) atoms. The van der Waals surface area contributed by atoms with Crippen molar-refractivity contribution in [1.29, 1.82) is 0 Å². The van der Waals surface area contributed by atoms with Gasteiger partial charge in [-0.05, 0) is 12.1 Å². The lowest BCUT2D eigenvalue weighted by Crippen LogP contribution is -2.09. The highest BCUT2D eigenvalue weighted by Gasteiger charge is 2.06. The molecule has 0 aliphatic heterocycles. The number of rotatable bonds is 3. The number of benzene rings is 1. The Morgan fingerprint density at radius 1 is 1.38 bits per heavy atom. The van der Waals surface area contributed by atoms with E-state index in [1.807, 2.05) is 0 Å². The van der Waals surface area contributed by atoms with Crippen molar-refractivity contribution in [3.8, 4) is 11.5 Å². The van der Waals surface area contributed by atoms with Gasteiger partial charge in [-0.25, -0.2) is 0 Å². The van der Waals surface area contributed by atoms with Gasteiger partial charge in [-0.1, -0.05) is 12.1 Å². The molecule has 0 N–H and O–H groups in total. The van der Waals surface area contributed by atoms with Crippen molar-refractivity contribution in [2.75, 3.05) is 13.0 Å². The van der Waals surface area contributed by atoms with E-state index in [1.165, 1.54) is 7.11 Å². The molecule has 1 aromatic rings. The molecule has 1 aromatic carbocycles. The fourth-order valence-electron chi connectivity index (χ4n) is 0.853. The van der Waals surface area contributed by atoms with Crippen molar-refractivity contribution in [2.45, 2.75) is 0 Å². The van der Waals surface area contributed by atoms with Gasteiger partial charge >= 0.3 is 5.97 Å². The van der Waals surface area contributed by atoms with E-state index in [-0.39, 0.29) is 5.88 Å². The van der Waals surface area contributed by atoms with E-state index < -0.39 is 5.97 Å². The van der Waals surface area contributed by atoms with E-state index in [1.54, 1.807) is 24.3 Å². The summed E-state index contributed by atoms with van der Waals surface area (Å²) in [5, 5.41) is 0.